The summed E-state index contributed by atoms with van der Waals surface area (Å²) in [6.07, 6.45) is 3.04. The van der Waals surface area contributed by atoms with E-state index >= 15 is 0 Å². The summed E-state index contributed by atoms with van der Waals surface area (Å²) < 4.78 is 15.9. The smallest absolute Gasteiger partial charge is 0.348 e. The van der Waals surface area contributed by atoms with Crippen molar-refractivity contribution in [1.82, 2.24) is 0 Å². The van der Waals surface area contributed by atoms with E-state index in [0.29, 0.717) is 34.5 Å². The minimum atomic E-state index is -0.359. The molecule has 0 radical (unpaired) electrons. The maximum atomic E-state index is 12.7. The van der Waals surface area contributed by atoms with Crippen LogP contribution in [0.4, 0.5) is 0 Å². The molecule has 0 amide bonds. The van der Waals surface area contributed by atoms with Gasteiger partial charge in [0.25, 0.3) is 0 Å². The van der Waals surface area contributed by atoms with Gasteiger partial charge in [0.05, 0.1) is 13.7 Å². The summed E-state index contributed by atoms with van der Waals surface area (Å²) in [5.41, 5.74) is 0.752. The van der Waals surface area contributed by atoms with Crippen LogP contribution >= 0.6 is 22.9 Å². The Morgan fingerprint density at radius 1 is 1.21 bits per heavy atom. The van der Waals surface area contributed by atoms with Crippen molar-refractivity contribution >= 4 is 40.7 Å². The third kappa shape index (κ3) is 7.05. The number of hydrogen-bond donors (Lipinski definition) is 0. The molecule has 2 aromatic rings. The van der Waals surface area contributed by atoms with Crippen LogP contribution in [-0.2, 0) is 32.1 Å². The zero-order valence-electron chi connectivity index (χ0n) is 19.1. The maximum Gasteiger partial charge on any atom is 0.348 e. The minimum absolute atomic E-state index is 0.0419. The number of Topliss-reactive ketones (excluding diaryl/α,β-unsaturated/α-hetero) is 1. The van der Waals surface area contributed by atoms with Gasteiger partial charge in [0.1, 0.15) is 23.0 Å². The van der Waals surface area contributed by atoms with Crippen LogP contribution in [0, 0.1) is 17.8 Å². The van der Waals surface area contributed by atoms with Gasteiger partial charge in [-0.05, 0) is 61.1 Å². The highest BCUT2D eigenvalue weighted by Crippen LogP contribution is 2.38. The molecule has 1 fully saturated rings. The Hall–Kier alpha value is -2.38. The maximum absolute atomic E-state index is 12.7. The Kier molecular flexibility index (Phi) is 8.92. The minimum Gasteiger partial charge on any atom is -0.493 e. The largest absolute Gasteiger partial charge is 0.493 e. The van der Waals surface area contributed by atoms with E-state index in [1.165, 1.54) is 25.4 Å². The quantitative estimate of drug-likeness (QED) is 0.408. The summed E-state index contributed by atoms with van der Waals surface area (Å²) in [5.74, 6) is 0.544. The molecule has 0 aliphatic heterocycles. The van der Waals surface area contributed by atoms with Crippen molar-refractivity contribution in [3.05, 3.63) is 50.7 Å². The fraction of sp³-hybridized carbons (Fsp3) is 0.480. The molecule has 8 heteroatoms. The molecule has 0 spiro atoms. The fourth-order valence-electron chi connectivity index (χ4n) is 4.29. The van der Waals surface area contributed by atoms with E-state index in [2.05, 4.69) is 6.92 Å². The zero-order valence-corrected chi connectivity index (χ0v) is 20.7. The van der Waals surface area contributed by atoms with Gasteiger partial charge in [0.15, 0.2) is 0 Å². The number of methoxy groups -OCH3 is 1. The lowest BCUT2D eigenvalue weighted by Gasteiger charge is -2.22. The molecule has 3 rings (SSSR count). The average molecular weight is 493 g/mol. The molecule has 33 heavy (non-hydrogen) atoms. The predicted molar refractivity (Wildman–Crippen MR) is 127 cm³/mol. The number of ketones is 1. The first kappa shape index (κ1) is 25.2. The molecule has 0 saturated heterocycles. The molecule has 6 nitrogen and oxygen atoms in total. The molecule has 1 saturated carbocycles. The summed E-state index contributed by atoms with van der Waals surface area (Å²) in [6.45, 7) is 4.01. The van der Waals surface area contributed by atoms with Crippen LogP contribution in [-0.4, -0.2) is 31.4 Å². The Morgan fingerprint density at radius 3 is 2.73 bits per heavy atom. The van der Waals surface area contributed by atoms with E-state index in [9.17, 15) is 14.4 Å². The van der Waals surface area contributed by atoms with Crippen LogP contribution in [0.3, 0.4) is 0 Å². The first-order valence-corrected chi connectivity index (χ1v) is 12.2. The van der Waals surface area contributed by atoms with E-state index in [4.69, 9.17) is 25.8 Å². The van der Waals surface area contributed by atoms with Crippen LogP contribution in [0.15, 0.2) is 30.3 Å². The van der Waals surface area contributed by atoms with Gasteiger partial charge in [-0.15, -0.1) is 11.3 Å². The average Bonchev–Trinajstić information content (AvgIpc) is 3.34. The highest BCUT2D eigenvalue weighted by Gasteiger charge is 2.39. The molecule has 178 valence electrons. The van der Waals surface area contributed by atoms with E-state index in [1.807, 2.05) is 6.07 Å². The highest BCUT2D eigenvalue weighted by atomic mass is 35.5. The van der Waals surface area contributed by atoms with Gasteiger partial charge < -0.3 is 14.2 Å². The molecule has 1 aliphatic carbocycles. The van der Waals surface area contributed by atoms with Crippen molar-refractivity contribution in [1.29, 1.82) is 0 Å². The molecular weight excluding hydrogens is 464 g/mol. The second-order valence-electron chi connectivity index (χ2n) is 8.45. The SMILES string of the molecule is COC(=O)c1ccc(CCC[C@H]2C(=O)C[C@@H](C)[C@@H]2COc2cc(Cl)cc(COC(C)=O)c2)s1. The second kappa shape index (κ2) is 11.7. The molecule has 1 aromatic carbocycles. The van der Waals surface area contributed by atoms with Gasteiger partial charge in [0.2, 0.25) is 0 Å². The number of carbonyl (C=O) groups excluding carboxylic acids is 3. The Labute approximate surface area is 203 Å². The highest BCUT2D eigenvalue weighted by molar-refractivity contribution is 7.13. The molecule has 0 bridgehead atoms. The van der Waals surface area contributed by atoms with Crippen LogP contribution in [0.5, 0.6) is 5.75 Å². The van der Waals surface area contributed by atoms with Crippen LogP contribution in [0.2, 0.25) is 5.02 Å². The lowest BCUT2D eigenvalue weighted by Crippen LogP contribution is -2.24. The van der Waals surface area contributed by atoms with Crippen LogP contribution in [0.1, 0.15) is 53.2 Å². The summed E-state index contributed by atoms with van der Waals surface area (Å²) in [5, 5.41) is 0.504. The fourth-order valence-corrected chi connectivity index (χ4v) is 5.51. The first-order chi connectivity index (χ1) is 15.8. The Morgan fingerprint density at radius 2 is 2.00 bits per heavy atom. The van der Waals surface area contributed by atoms with E-state index < -0.39 is 0 Å². The van der Waals surface area contributed by atoms with Crippen molar-refractivity contribution in [2.45, 2.75) is 46.1 Å². The van der Waals surface area contributed by atoms with Crippen molar-refractivity contribution in [3.63, 3.8) is 0 Å². The predicted octanol–water partition coefficient (Wildman–Crippen LogP) is 5.49. The first-order valence-electron chi connectivity index (χ1n) is 11.0. The Bertz CT molecular complexity index is 1000. The summed E-state index contributed by atoms with van der Waals surface area (Å²) in [6, 6.07) is 9.00. The number of thiophene rings is 1. The summed E-state index contributed by atoms with van der Waals surface area (Å²) in [4.78, 5) is 37.1. The van der Waals surface area contributed by atoms with Crippen molar-refractivity contribution in [3.8, 4) is 5.75 Å². The van der Waals surface area contributed by atoms with Gasteiger partial charge in [-0.1, -0.05) is 18.5 Å². The number of halogens is 1. The number of esters is 2. The molecule has 1 heterocycles. The van der Waals surface area contributed by atoms with Crippen LogP contribution < -0.4 is 4.74 Å². The van der Waals surface area contributed by atoms with Gasteiger partial charge >= 0.3 is 11.9 Å². The number of benzene rings is 1. The van der Waals surface area contributed by atoms with Gasteiger partial charge in [0, 0.05) is 35.1 Å². The van der Waals surface area contributed by atoms with Crippen molar-refractivity contribution < 1.29 is 28.6 Å². The third-order valence-corrected chi connectivity index (χ3v) is 7.33. The second-order valence-corrected chi connectivity index (χ2v) is 10.1. The normalized spacial score (nSPS) is 20.0. The van der Waals surface area contributed by atoms with Crippen LogP contribution in [0.25, 0.3) is 0 Å². The van der Waals surface area contributed by atoms with E-state index in [0.717, 1.165) is 29.7 Å². The lowest BCUT2D eigenvalue weighted by atomic mass is 9.87. The van der Waals surface area contributed by atoms with E-state index in [1.54, 1.807) is 24.3 Å². The molecule has 1 aromatic heterocycles. The molecule has 1 aliphatic rings. The number of rotatable bonds is 10. The topological polar surface area (TPSA) is 78.9 Å². The number of aryl methyl sites for hydroxylation is 1. The molecular formula is C25H29ClO6S. The summed E-state index contributed by atoms with van der Waals surface area (Å²) in [7, 11) is 1.38. The molecule has 3 atom stereocenters. The van der Waals surface area contributed by atoms with E-state index in [-0.39, 0.29) is 36.3 Å². The number of hydrogen-bond acceptors (Lipinski definition) is 7. The zero-order chi connectivity index (χ0) is 24.0. The Balaban J connectivity index is 1.56. The van der Waals surface area contributed by atoms with Gasteiger partial charge in [-0.2, -0.15) is 0 Å². The lowest BCUT2D eigenvalue weighted by molar-refractivity contribution is -0.142. The van der Waals surface area contributed by atoms with Gasteiger partial charge in [-0.25, -0.2) is 4.79 Å². The monoisotopic (exact) mass is 492 g/mol. The molecule has 0 unspecified atom stereocenters. The number of ether oxygens (including phenoxy) is 3. The van der Waals surface area contributed by atoms with Crippen molar-refractivity contribution in [2.24, 2.45) is 17.8 Å². The van der Waals surface area contributed by atoms with Gasteiger partial charge in [-0.3, -0.25) is 9.59 Å². The third-order valence-electron chi connectivity index (χ3n) is 5.99. The number of carbonyl (C=O) groups is 3. The summed E-state index contributed by atoms with van der Waals surface area (Å²) >= 11 is 7.63. The standard InChI is InChI=1S/C25H29ClO6S/c1-15-9-23(28)21(6-4-5-20-7-8-24(33-20)25(29)30-3)22(15)14-32-19-11-17(10-18(26)12-19)13-31-16(2)27/h7-8,10-12,15,21-22H,4-6,9,13-14H2,1-3H3/t15-,21-,22+/m1/s1. The van der Waals surface area contributed by atoms with Crippen molar-refractivity contribution in [2.75, 3.05) is 13.7 Å². The molecule has 0 N–H and O–H groups in total.